The summed E-state index contributed by atoms with van der Waals surface area (Å²) in [6.07, 6.45) is 1.23. The zero-order valence-electron chi connectivity index (χ0n) is 7.38. The minimum absolute atomic E-state index is 0.113. The monoisotopic (exact) mass is 187 g/mol. The van der Waals surface area contributed by atoms with Crippen LogP contribution in [0.1, 0.15) is 5.56 Å². The highest BCUT2D eigenvalue weighted by Crippen LogP contribution is 2.25. The lowest BCUT2D eigenvalue weighted by atomic mass is 10.0. The molecule has 2 aromatic rings. The fraction of sp³-hybridized carbons (Fsp3) is 0. The van der Waals surface area contributed by atoms with E-state index in [1.807, 2.05) is 30.3 Å². The molecule has 0 bridgehead atoms. The van der Waals surface area contributed by atoms with Crippen molar-refractivity contribution < 1.29 is 10.3 Å². The molecule has 0 aliphatic heterocycles. The zero-order chi connectivity index (χ0) is 9.97. The van der Waals surface area contributed by atoms with Crippen LogP contribution in [-0.2, 0) is 0 Å². The van der Waals surface area contributed by atoms with Crippen molar-refractivity contribution in [1.82, 2.24) is 0 Å². The molecule has 0 aliphatic carbocycles. The average Bonchev–Trinajstić information content (AvgIpc) is 2.23. The van der Waals surface area contributed by atoms with Crippen LogP contribution in [0.5, 0.6) is 5.75 Å². The Morgan fingerprint density at radius 2 is 1.86 bits per heavy atom. The molecule has 0 aliphatic rings. The Hall–Kier alpha value is -2.03. The Bertz CT molecular complexity index is 492. The second-order valence-corrected chi connectivity index (χ2v) is 2.96. The molecule has 2 N–H and O–H groups in total. The smallest absolute Gasteiger partial charge is 0.125 e. The van der Waals surface area contributed by atoms with Crippen LogP contribution in [0.15, 0.2) is 41.6 Å². The molecule has 0 atom stereocenters. The molecule has 3 heteroatoms. The van der Waals surface area contributed by atoms with Crippen molar-refractivity contribution in [3.05, 3.63) is 42.0 Å². The molecule has 0 aromatic heterocycles. The van der Waals surface area contributed by atoms with Gasteiger partial charge >= 0.3 is 0 Å². The van der Waals surface area contributed by atoms with E-state index in [9.17, 15) is 5.11 Å². The van der Waals surface area contributed by atoms with Crippen molar-refractivity contribution in [2.75, 3.05) is 0 Å². The fourth-order valence-electron chi connectivity index (χ4n) is 1.48. The van der Waals surface area contributed by atoms with Gasteiger partial charge in [0.1, 0.15) is 5.75 Å². The molecule has 0 amide bonds. The number of phenols is 1. The Morgan fingerprint density at radius 1 is 1.07 bits per heavy atom. The molecule has 0 heterocycles. The van der Waals surface area contributed by atoms with Crippen molar-refractivity contribution >= 4 is 17.0 Å². The molecule has 0 unspecified atom stereocenters. The van der Waals surface area contributed by atoms with Crippen molar-refractivity contribution in [3.8, 4) is 5.75 Å². The van der Waals surface area contributed by atoms with E-state index in [-0.39, 0.29) is 5.75 Å². The largest absolute Gasteiger partial charge is 0.507 e. The Labute approximate surface area is 80.9 Å². The molecule has 0 radical (unpaired) electrons. The van der Waals surface area contributed by atoms with Crippen LogP contribution in [0.4, 0.5) is 0 Å². The van der Waals surface area contributed by atoms with Crippen molar-refractivity contribution in [1.29, 1.82) is 0 Å². The summed E-state index contributed by atoms with van der Waals surface area (Å²) in [6, 6.07) is 11.0. The highest BCUT2D eigenvalue weighted by Gasteiger charge is 2.03. The second kappa shape index (κ2) is 3.38. The van der Waals surface area contributed by atoms with E-state index < -0.39 is 0 Å². The third-order valence-corrected chi connectivity index (χ3v) is 2.13. The van der Waals surface area contributed by atoms with E-state index in [4.69, 9.17) is 5.21 Å². The number of phenolic OH excluding ortho intramolecular Hbond substituents is 1. The number of nitrogens with zero attached hydrogens (tertiary/aromatic N) is 1. The van der Waals surface area contributed by atoms with Gasteiger partial charge in [-0.3, -0.25) is 0 Å². The standard InChI is InChI=1S/C11H9NO2/c13-11-6-5-8-3-1-2-4-9(8)10(11)7-12-14/h1-7,13-14H/b12-7-. The van der Waals surface area contributed by atoms with E-state index in [2.05, 4.69) is 5.16 Å². The van der Waals surface area contributed by atoms with Gasteiger partial charge in [-0.05, 0) is 16.8 Å². The molecule has 2 rings (SSSR count). The second-order valence-electron chi connectivity index (χ2n) is 2.96. The van der Waals surface area contributed by atoms with Crippen LogP contribution in [0.3, 0.4) is 0 Å². The normalized spacial score (nSPS) is 11.1. The lowest BCUT2D eigenvalue weighted by molar-refractivity contribution is 0.321. The third-order valence-electron chi connectivity index (χ3n) is 2.13. The van der Waals surface area contributed by atoms with Gasteiger partial charge in [0, 0.05) is 5.56 Å². The molecule has 3 nitrogen and oxygen atoms in total. The van der Waals surface area contributed by atoms with Gasteiger partial charge < -0.3 is 10.3 Å². The van der Waals surface area contributed by atoms with Crippen molar-refractivity contribution in [3.63, 3.8) is 0 Å². The summed E-state index contributed by atoms with van der Waals surface area (Å²) >= 11 is 0. The highest BCUT2D eigenvalue weighted by molar-refractivity contribution is 6.02. The topological polar surface area (TPSA) is 52.8 Å². The lowest BCUT2D eigenvalue weighted by Gasteiger charge is -2.03. The minimum Gasteiger partial charge on any atom is -0.507 e. The van der Waals surface area contributed by atoms with Gasteiger partial charge in [0.25, 0.3) is 0 Å². The molecule has 70 valence electrons. The third kappa shape index (κ3) is 1.29. The number of oxime groups is 1. The predicted molar refractivity (Wildman–Crippen MR) is 55.0 cm³/mol. The molecule has 0 saturated carbocycles. The quantitative estimate of drug-likeness (QED) is 0.409. The van der Waals surface area contributed by atoms with Crippen LogP contribution in [0.2, 0.25) is 0 Å². The van der Waals surface area contributed by atoms with Crippen molar-refractivity contribution in [2.24, 2.45) is 5.16 Å². The van der Waals surface area contributed by atoms with Crippen LogP contribution >= 0.6 is 0 Å². The van der Waals surface area contributed by atoms with Gasteiger partial charge in [-0.1, -0.05) is 35.5 Å². The number of fused-ring (bicyclic) bond motifs is 1. The lowest BCUT2D eigenvalue weighted by Crippen LogP contribution is -1.85. The van der Waals surface area contributed by atoms with Gasteiger partial charge in [-0.2, -0.15) is 0 Å². The van der Waals surface area contributed by atoms with Gasteiger partial charge in [0.2, 0.25) is 0 Å². The van der Waals surface area contributed by atoms with E-state index in [0.717, 1.165) is 10.8 Å². The SMILES string of the molecule is O/N=C\c1c(O)ccc2ccccc12. The molecule has 2 aromatic carbocycles. The molecular weight excluding hydrogens is 178 g/mol. The summed E-state index contributed by atoms with van der Waals surface area (Å²) < 4.78 is 0. The first-order valence-electron chi connectivity index (χ1n) is 4.21. The van der Waals surface area contributed by atoms with Crippen LogP contribution < -0.4 is 0 Å². The van der Waals surface area contributed by atoms with E-state index in [1.54, 1.807) is 6.07 Å². The first kappa shape index (κ1) is 8.56. The van der Waals surface area contributed by atoms with E-state index in [1.165, 1.54) is 6.21 Å². The Kier molecular flexibility index (Phi) is 2.07. The number of aromatic hydroxyl groups is 1. The summed E-state index contributed by atoms with van der Waals surface area (Å²) in [7, 11) is 0. The number of benzene rings is 2. The van der Waals surface area contributed by atoms with Gasteiger partial charge in [0.05, 0.1) is 6.21 Å². The summed E-state index contributed by atoms with van der Waals surface area (Å²) in [5.74, 6) is 0.113. The van der Waals surface area contributed by atoms with Crippen LogP contribution in [0.25, 0.3) is 10.8 Å². The molecule has 0 fully saturated rings. The number of rotatable bonds is 1. The van der Waals surface area contributed by atoms with Gasteiger partial charge in [-0.25, -0.2) is 0 Å². The van der Waals surface area contributed by atoms with Crippen molar-refractivity contribution in [2.45, 2.75) is 0 Å². The van der Waals surface area contributed by atoms with E-state index >= 15 is 0 Å². The van der Waals surface area contributed by atoms with Gasteiger partial charge in [0.15, 0.2) is 0 Å². The summed E-state index contributed by atoms with van der Waals surface area (Å²) in [5, 5.41) is 22.8. The number of hydrogen-bond acceptors (Lipinski definition) is 3. The average molecular weight is 187 g/mol. The van der Waals surface area contributed by atoms with E-state index in [0.29, 0.717) is 5.56 Å². The first-order valence-corrected chi connectivity index (χ1v) is 4.21. The molecule has 0 spiro atoms. The number of hydrogen-bond donors (Lipinski definition) is 2. The minimum atomic E-state index is 0.113. The predicted octanol–water partition coefficient (Wildman–Crippen LogP) is 2.35. The van der Waals surface area contributed by atoms with Gasteiger partial charge in [-0.15, -0.1) is 0 Å². The summed E-state index contributed by atoms with van der Waals surface area (Å²) in [6.45, 7) is 0. The maximum Gasteiger partial charge on any atom is 0.125 e. The highest BCUT2D eigenvalue weighted by atomic mass is 16.4. The fourth-order valence-corrected chi connectivity index (χ4v) is 1.48. The first-order chi connectivity index (χ1) is 6.83. The maximum absolute atomic E-state index is 9.54. The molecular formula is C11H9NO2. The summed E-state index contributed by atoms with van der Waals surface area (Å²) in [5.41, 5.74) is 0.533. The molecule has 14 heavy (non-hydrogen) atoms. The van der Waals surface area contributed by atoms with Crippen LogP contribution in [0, 0.1) is 0 Å². The Morgan fingerprint density at radius 3 is 2.64 bits per heavy atom. The van der Waals surface area contributed by atoms with Crippen LogP contribution in [-0.4, -0.2) is 16.5 Å². The molecule has 0 saturated heterocycles. The summed E-state index contributed by atoms with van der Waals surface area (Å²) in [4.78, 5) is 0. The zero-order valence-corrected chi connectivity index (χ0v) is 7.38. The Balaban J connectivity index is 2.82. The maximum atomic E-state index is 9.54.